The normalized spacial score (nSPS) is 10.7. The molecule has 21 heavy (non-hydrogen) atoms. The lowest BCUT2D eigenvalue weighted by Crippen LogP contribution is -1.96. The van der Waals surface area contributed by atoms with Crippen molar-refractivity contribution in [2.75, 3.05) is 6.61 Å². The van der Waals surface area contributed by atoms with Crippen LogP contribution in [0.4, 0.5) is 0 Å². The zero-order valence-electron chi connectivity index (χ0n) is 12.1. The monoisotopic (exact) mass is 278 g/mol. The Hall–Kier alpha value is -2.42. The molecule has 1 heterocycles. The van der Waals surface area contributed by atoms with E-state index in [1.807, 2.05) is 42.5 Å². The number of rotatable bonds is 5. The fourth-order valence-electron chi connectivity index (χ4n) is 2.18. The van der Waals surface area contributed by atoms with Gasteiger partial charge in [0.1, 0.15) is 5.75 Å². The van der Waals surface area contributed by atoms with E-state index in [4.69, 9.17) is 4.74 Å². The lowest BCUT2D eigenvalue weighted by molar-refractivity contribution is 0.309. The number of hydrogen-bond acceptors (Lipinski definition) is 3. The fourth-order valence-corrected chi connectivity index (χ4v) is 2.18. The van der Waals surface area contributed by atoms with Crippen LogP contribution in [0.25, 0.3) is 22.2 Å². The lowest BCUT2D eigenvalue weighted by Gasteiger charge is -2.06. The summed E-state index contributed by atoms with van der Waals surface area (Å²) in [7, 11) is 0. The Morgan fingerprint density at radius 1 is 0.952 bits per heavy atom. The van der Waals surface area contributed by atoms with Crippen molar-refractivity contribution in [3.05, 3.63) is 54.6 Å². The van der Waals surface area contributed by atoms with E-state index in [0.29, 0.717) is 0 Å². The third kappa shape index (κ3) is 3.19. The van der Waals surface area contributed by atoms with Crippen molar-refractivity contribution in [3.8, 4) is 17.0 Å². The van der Waals surface area contributed by atoms with Gasteiger partial charge in [-0.05, 0) is 42.8 Å². The van der Waals surface area contributed by atoms with Crippen LogP contribution in [-0.4, -0.2) is 16.8 Å². The number of aromatic nitrogens is 2. The molecular weight excluding hydrogens is 260 g/mol. The van der Waals surface area contributed by atoms with E-state index in [-0.39, 0.29) is 0 Å². The second-order valence-electron chi connectivity index (χ2n) is 5.01. The van der Waals surface area contributed by atoms with Gasteiger partial charge < -0.3 is 4.74 Å². The SMILES string of the molecule is CCCCOc1ccc(-c2cc3ccccc3nn2)cc1. The molecule has 0 spiro atoms. The van der Waals surface area contributed by atoms with Crippen LogP contribution in [-0.2, 0) is 0 Å². The van der Waals surface area contributed by atoms with Crippen LogP contribution < -0.4 is 4.74 Å². The Kier molecular flexibility index (Phi) is 4.10. The molecule has 1 aromatic heterocycles. The van der Waals surface area contributed by atoms with Crippen molar-refractivity contribution in [3.63, 3.8) is 0 Å². The molecule has 0 N–H and O–H groups in total. The molecule has 106 valence electrons. The number of hydrogen-bond donors (Lipinski definition) is 0. The molecule has 0 saturated carbocycles. The minimum Gasteiger partial charge on any atom is -0.494 e. The van der Waals surface area contributed by atoms with Crippen LogP contribution in [0.1, 0.15) is 19.8 Å². The second kappa shape index (κ2) is 6.35. The molecule has 0 aliphatic rings. The summed E-state index contributed by atoms with van der Waals surface area (Å²) in [5.74, 6) is 0.904. The van der Waals surface area contributed by atoms with Crippen molar-refractivity contribution >= 4 is 10.9 Å². The van der Waals surface area contributed by atoms with Gasteiger partial charge >= 0.3 is 0 Å². The van der Waals surface area contributed by atoms with Gasteiger partial charge in [0, 0.05) is 10.9 Å². The Bertz CT molecular complexity index is 723. The minimum absolute atomic E-state index is 0.769. The van der Waals surface area contributed by atoms with Crippen molar-refractivity contribution in [2.24, 2.45) is 0 Å². The molecule has 0 fully saturated rings. The molecule has 3 rings (SSSR count). The third-order valence-electron chi connectivity index (χ3n) is 3.41. The van der Waals surface area contributed by atoms with Crippen LogP contribution in [0.5, 0.6) is 5.75 Å². The largest absolute Gasteiger partial charge is 0.494 e. The van der Waals surface area contributed by atoms with E-state index >= 15 is 0 Å². The number of nitrogens with zero attached hydrogens (tertiary/aromatic N) is 2. The predicted molar refractivity (Wildman–Crippen MR) is 85.4 cm³/mol. The number of benzene rings is 2. The van der Waals surface area contributed by atoms with Crippen LogP contribution >= 0.6 is 0 Å². The minimum atomic E-state index is 0.769. The predicted octanol–water partition coefficient (Wildman–Crippen LogP) is 4.48. The molecule has 3 aromatic rings. The summed E-state index contributed by atoms with van der Waals surface area (Å²) in [5, 5.41) is 9.65. The van der Waals surface area contributed by atoms with Crippen molar-refractivity contribution in [2.45, 2.75) is 19.8 Å². The van der Waals surface area contributed by atoms with E-state index in [1.54, 1.807) is 0 Å². The molecule has 2 aromatic carbocycles. The molecular formula is C18H18N2O. The van der Waals surface area contributed by atoms with Gasteiger partial charge in [-0.1, -0.05) is 31.5 Å². The summed E-state index contributed by atoms with van der Waals surface area (Å²) in [6, 6.07) is 18.1. The maximum absolute atomic E-state index is 5.67. The van der Waals surface area contributed by atoms with Crippen LogP contribution in [0.3, 0.4) is 0 Å². The molecule has 3 nitrogen and oxygen atoms in total. The Morgan fingerprint density at radius 3 is 2.57 bits per heavy atom. The van der Waals surface area contributed by atoms with E-state index in [2.05, 4.69) is 29.3 Å². The summed E-state index contributed by atoms with van der Waals surface area (Å²) in [6.07, 6.45) is 2.22. The number of unbranched alkanes of at least 4 members (excludes halogenated alkanes) is 1. The molecule has 0 amide bonds. The van der Waals surface area contributed by atoms with Gasteiger partial charge in [-0.15, -0.1) is 10.2 Å². The molecule has 0 bridgehead atoms. The van der Waals surface area contributed by atoms with E-state index < -0.39 is 0 Å². The summed E-state index contributed by atoms with van der Waals surface area (Å²) in [4.78, 5) is 0. The molecule has 0 radical (unpaired) electrons. The van der Waals surface area contributed by atoms with Gasteiger partial charge in [-0.25, -0.2) is 0 Å². The van der Waals surface area contributed by atoms with Gasteiger partial charge in [-0.3, -0.25) is 0 Å². The average molecular weight is 278 g/mol. The smallest absolute Gasteiger partial charge is 0.119 e. The van der Waals surface area contributed by atoms with Gasteiger partial charge in [-0.2, -0.15) is 0 Å². The molecule has 0 aliphatic carbocycles. The first kappa shape index (κ1) is 13.6. The highest BCUT2D eigenvalue weighted by atomic mass is 16.5. The van der Waals surface area contributed by atoms with Crippen molar-refractivity contribution < 1.29 is 4.74 Å². The number of fused-ring (bicyclic) bond motifs is 1. The second-order valence-corrected chi connectivity index (χ2v) is 5.01. The first-order valence-electron chi connectivity index (χ1n) is 7.32. The number of ether oxygens (including phenoxy) is 1. The highest BCUT2D eigenvalue weighted by molar-refractivity contribution is 5.81. The summed E-state index contributed by atoms with van der Waals surface area (Å²) >= 11 is 0. The maximum atomic E-state index is 5.67. The van der Waals surface area contributed by atoms with Crippen LogP contribution in [0, 0.1) is 0 Å². The quantitative estimate of drug-likeness (QED) is 0.646. The Balaban J connectivity index is 1.81. The first-order chi connectivity index (χ1) is 10.4. The molecule has 0 unspecified atom stereocenters. The van der Waals surface area contributed by atoms with Gasteiger partial charge in [0.05, 0.1) is 17.8 Å². The van der Waals surface area contributed by atoms with Gasteiger partial charge in [0.25, 0.3) is 0 Å². The molecule has 0 aliphatic heterocycles. The highest BCUT2D eigenvalue weighted by Gasteiger charge is 2.03. The molecule has 0 saturated heterocycles. The van der Waals surface area contributed by atoms with Crippen molar-refractivity contribution in [1.82, 2.24) is 10.2 Å². The third-order valence-corrected chi connectivity index (χ3v) is 3.41. The van der Waals surface area contributed by atoms with Crippen LogP contribution in [0.2, 0.25) is 0 Å². The summed E-state index contributed by atoms with van der Waals surface area (Å²) < 4.78 is 5.67. The van der Waals surface area contributed by atoms with Crippen molar-refractivity contribution in [1.29, 1.82) is 0 Å². The zero-order chi connectivity index (χ0) is 14.5. The maximum Gasteiger partial charge on any atom is 0.119 e. The molecule has 0 atom stereocenters. The van der Waals surface area contributed by atoms with E-state index in [9.17, 15) is 0 Å². The molecule has 3 heteroatoms. The van der Waals surface area contributed by atoms with E-state index in [0.717, 1.165) is 47.4 Å². The van der Waals surface area contributed by atoms with Crippen LogP contribution in [0.15, 0.2) is 54.6 Å². The van der Waals surface area contributed by atoms with E-state index in [1.165, 1.54) is 0 Å². The summed E-state index contributed by atoms with van der Waals surface area (Å²) in [6.45, 7) is 2.93. The van der Waals surface area contributed by atoms with Gasteiger partial charge in [0.2, 0.25) is 0 Å². The topological polar surface area (TPSA) is 35.0 Å². The Morgan fingerprint density at radius 2 is 1.76 bits per heavy atom. The Labute approximate surface area is 124 Å². The highest BCUT2D eigenvalue weighted by Crippen LogP contribution is 2.23. The standard InChI is InChI=1S/C18H18N2O/c1-2-3-12-21-16-10-8-14(9-11-16)18-13-15-6-4-5-7-17(15)19-20-18/h4-11,13H,2-3,12H2,1H3. The fraction of sp³-hybridized carbons (Fsp3) is 0.222. The van der Waals surface area contributed by atoms with Gasteiger partial charge in [0.15, 0.2) is 0 Å². The first-order valence-corrected chi connectivity index (χ1v) is 7.32. The summed E-state index contributed by atoms with van der Waals surface area (Å²) in [5.41, 5.74) is 2.85. The average Bonchev–Trinajstić information content (AvgIpc) is 2.55. The zero-order valence-corrected chi connectivity index (χ0v) is 12.1. The lowest BCUT2D eigenvalue weighted by atomic mass is 10.1.